The molecule has 2 aromatic carbocycles. The third-order valence-electron chi connectivity index (χ3n) is 2.99. The van der Waals surface area contributed by atoms with Gasteiger partial charge in [0.2, 0.25) is 0 Å². The third kappa shape index (κ3) is 2.22. The van der Waals surface area contributed by atoms with Gasteiger partial charge in [0.15, 0.2) is 0 Å². The summed E-state index contributed by atoms with van der Waals surface area (Å²) in [6.45, 7) is 0.442. The molecule has 0 spiro atoms. The Morgan fingerprint density at radius 1 is 1.11 bits per heavy atom. The standard InChI is InChI=1S/C15H13NO2S/c16-15-12(17)5-3-6-13(15)18-8-10-9-19-14-7-2-1-4-11(10)14/h1-7,9,17H,8,16H2. The van der Waals surface area contributed by atoms with E-state index in [2.05, 4.69) is 17.5 Å². The van der Waals surface area contributed by atoms with Crippen LogP contribution in [0.4, 0.5) is 5.69 Å². The summed E-state index contributed by atoms with van der Waals surface area (Å²) in [5, 5.41) is 12.8. The van der Waals surface area contributed by atoms with E-state index in [1.54, 1.807) is 29.5 Å². The van der Waals surface area contributed by atoms with Crippen LogP contribution in [0.25, 0.3) is 10.1 Å². The second kappa shape index (κ2) is 4.82. The largest absolute Gasteiger partial charge is 0.506 e. The fraction of sp³-hybridized carbons (Fsp3) is 0.0667. The van der Waals surface area contributed by atoms with Crippen molar-refractivity contribution >= 4 is 27.1 Å². The molecule has 0 radical (unpaired) electrons. The first-order valence-corrected chi connectivity index (χ1v) is 6.79. The Hall–Kier alpha value is -2.20. The van der Waals surface area contributed by atoms with Gasteiger partial charge in [-0.3, -0.25) is 0 Å². The second-order valence-electron chi connectivity index (χ2n) is 4.23. The molecule has 0 bridgehead atoms. The van der Waals surface area contributed by atoms with E-state index < -0.39 is 0 Å². The van der Waals surface area contributed by atoms with Gasteiger partial charge in [0.25, 0.3) is 0 Å². The van der Waals surface area contributed by atoms with Crippen LogP contribution in [0.5, 0.6) is 11.5 Å². The lowest BCUT2D eigenvalue weighted by atomic mass is 10.2. The maximum atomic E-state index is 9.53. The average molecular weight is 271 g/mol. The SMILES string of the molecule is Nc1c(O)cccc1OCc1csc2ccccc12. The topological polar surface area (TPSA) is 55.5 Å². The number of anilines is 1. The van der Waals surface area contributed by atoms with Gasteiger partial charge >= 0.3 is 0 Å². The molecule has 0 unspecified atom stereocenters. The fourth-order valence-electron chi connectivity index (χ4n) is 1.96. The van der Waals surface area contributed by atoms with Gasteiger partial charge in [0.1, 0.15) is 23.8 Å². The Bertz CT molecular complexity index is 721. The molecule has 0 aliphatic heterocycles. The predicted octanol–water partition coefficient (Wildman–Crippen LogP) is 3.77. The summed E-state index contributed by atoms with van der Waals surface area (Å²) in [6.07, 6.45) is 0. The number of phenols is 1. The number of rotatable bonds is 3. The molecule has 0 aliphatic rings. The predicted molar refractivity (Wildman–Crippen MR) is 78.7 cm³/mol. The van der Waals surface area contributed by atoms with Gasteiger partial charge in [-0.2, -0.15) is 0 Å². The van der Waals surface area contributed by atoms with Gasteiger partial charge in [-0.05, 0) is 29.0 Å². The first-order valence-electron chi connectivity index (χ1n) is 5.91. The van der Waals surface area contributed by atoms with Gasteiger partial charge in [0, 0.05) is 10.3 Å². The molecule has 3 rings (SSSR count). The number of hydrogen-bond acceptors (Lipinski definition) is 4. The molecule has 1 aromatic heterocycles. The van der Waals surface area contributed by atoms with Crippen LogP contribution in [-0.2, 0) is 6.61 Å². The molecular formula is C15H13NO2S. The number of phenolic OH excluding ortho intramolecular Hbond substituents is 1. The number of nitrogen functional groups attached to an aromatic ring is 1. The number of ether oxygens (including phenoxy) is 1. The molecule has 0 fully saturated rings. The van der Waals surface area contributed by atoms with Crippen molar-refractivity contribution in [1.29, 1.82) is 0 Å². The van der Waals surface area contributed by atoms with Crippen molar-refractivity contribution in [2.24, 2.45) is 0 Å². The number of thiophene rings is 1. The highest BCUT2D eigenvalue weighted by atomic mass is 32.1. The zero-order valence-electron chi connectivity index (χ0n) is 10.2. The third-order valence-corrected chi connectivity index (χ3v) is 4.00. The summed E-state index contributed by atoms with van der Waals surface area (Å²) in [6, 6.07) is 13.2. The molecule has 1 heterocycles. The highest BCUT2D eigenvalue weighted by Gasteiger charge is 2.07. The van der Waals surface area contributed by atoms with Crippen molar-refractivity contribution in [3.05, 3.63) is 53.4 Å². The van der Waals surface area contributed by atoms with Crippen LogP contribution in [0.1, 0.15) is 5.56 Å². The lowest BCUT2D eigenvalue weighted by Gasteiger charge is -2.09. The monoisotopic (exact) mass is 271 g/mol. The highest BCUT2D eigenvalue weighted by molar-refractivity contribution is 7.17. The number of fused-ring (bicyclic) bond motifs is 1. The summed E-state index contributed by atoms with van der Waals surface area (Å²) in [5.74, 6) is 0.558. The Labute approximate surface area is 114 Å². The van der Waals surface area contributed by atoms with Crippen molar-refractivity contribution in [2.75, 3.05) is 5.73 Å². The lowest BCUT2D eigenvalue weighted by molar-refractivity contribution is 0.308. The van der Waals surface area contributed by atoms with E-state index in [1.807, 2.05) is 12.1 Å². The Morgan fingerprint density at radius 2 is 1.95 bits per heavy atom. The molecule has 0 atom stereocenters. The van der Waals surface area contributed by atoms with E-state index in [0.29, 0.717) is 12.4 Å². The van der Waals surface area contributed by atoms with E-state index in [1.165, 1.54) is 10.1 Å². The minimum Gasteiger partial charge on any atom is -0.506 e. The van der Waals surface area contributed by atoms with Gasteiger partial charge < -0.3 is 15.6 Å². The van der Waals surface area contributed by atoms with Crippen LogP contribution >= 0.6 is 11.3 Å². The van der Waals surface area contributed by atoms with Crippen LogP contribution < -0.4 is 10.5 Å². The second-order valence-corrected chi connectivity index (χ2v) is 5.15. The summed E-state index contributed by atoms with van der Waals surface area (Å²) in [4.78, 5) is 0. The number of benzene rings is 2. The molecular weight excluding hydrogens is 258 g/mol. The summed E-state index contributed by atoms with van der Waals surface area (Å²) < 4.78 is 6.93. The molecule has 96 valence electrons. The Kier molecular flexibility index (Phi) is 3.01. The first-order chi connectivity index (χ1) is 9.25. The van der Waals surface area contributed by atoms with Gasteiger partial charge in [-0.15, -0.1) is 11.3 Å². The van der Waals surface area contributed by atoms with Crippen molar-refractivity contribution in [3.8, 4) is 11.5 Å². The van der Waals surface area contributed by atoms with E-state index in [0.717, 1.165) is 5.56 Å². The molecule has 0 saturated heterocycles. The van der Waals surface area contributed by atoms with Crippen LogP contribution in [0.3, 0.4) is 0 Å². The molecule has 0 aliphatic carbocycles. The summed E-state index contributed by atoms with van der Waals surface area (Å²) in [7, 11) is 0. The van der Waals surface area contributed by atoms with Crippen LogP contribution in [0.2, 0.25) is 0 Å². The molecule has 3 nitrogen and oxygen atoms in total. The van der Waals surface area contributed by atoms with Crippen LogP contribution in [-0.4, -0.2) is 5.11 Å². The van der Waals surface area contributed by atoms with Gasteiger partial charge in [0.05, 0.1) is 0 Å². The maximum Gasteiger partial charge on any atom is 0.146 e. The van der Waals surface area contributed by atoms with Gasteiger partial charge in [-0.1, -0.05) is 24.3 Å². The van der Waals surface area contributed by atoms with E-state index in [-0.39, 0.29) is 11.4 Å². The lowest BCUT2D eigenvalue weighted by Crippen LogP contribution is -1.98. The maximum absolute atomic E-state index is 9.53. The molecule has 4 heteroatoms. The number of para-hydroxylation sites is 1. The first kappa shape index (κ1) is 11.9. The molecule has 19 heavy (non-hydrogen) atoms. The number of hydrogen-bond donors (Lipinski definition) is 2. The number of nitrogens with two attached hydrogens (primary N) is 1. The van der Waals surface area contributed by atoms with Crippen molar-refractivity contribution < 1.29 is 9.84 Å². The van der Waals surface area contributed by atoms with Crippen molar-refractivity contribution in [2.45, 2.75) is 6.61 Å². The smallest absolute Gasteiger partial charge is 0.146 e. The average Bonchev–Trinajstić information content (AvgIpc) is 2.84. The zero-order valence-corrected chi connectivity index (χ0v) is 11.0. The molecule has 3 N–H and O–H groups in total. The quantitative estimate of drug-likeness (QED) is 0.563. The van der Waals surface area contributed by atoms with Crippen LogP contribution in [0.15, 0.2) is 47.8 Å². The minimum absolute atomic E-state index is 0.0488. The normalized spacial score (nSPS) is 10.7. The zero-order chi connectivity index (χ0) is 13.2. The van der Waals surface area contributed by atoms with E-state index in [4.69, 9.17) is 10.5 Å². The van der Waals surface area contributed by atoms with E-state index in [9.17, 15) is 5.11 Å². The fourth-order valence-corrected chi connectivity index (χ4v) is 2.91. The minimum atomic E-state index is 0.0488. The Balaban J connectivity index is 1.84. The van der Waals surface area contributed by atoms with Gasteiger partial charge in [-0.25, -0.2) is 0 Å². The summed E-state index contributed by atoms with van der Waals surface area (Å²) in [5.41, 5.74) is 7.17. The summed E-state index contributed by atoms with van der Waals surface area (Å²) >= 11 is 1.70. The van der Waals surface area contributed by atoms with E-state index >= 15 is 0 Å². The van der Waals surface area contributed by atoms with Crippen molar-refractivity contribution in [1.82, 2.24) is 0 Å². The Morgan fingerprint density at radius 3 is 2.84 bits per heavy atom. The van der Waals surface area contributed by atoms with Crippen molar-refractivity contribution in [3.63, 3.8) is 0 Å². The molecule has 0 saturated carbocycles. The number of aromatic hydroxyl groups is 1. The highest BCUT2D eigenvalue weighted by Crippen LogP contribution is 2.32. The van der Waals surface area contributed by atoms with Crippen LogP contribution in [0, 0.1) is 0 Å². The molecule has 0 amide bonds. The molecule has 3 aromatic rings.